The van der Waals surface area contributed by atoms with E-state index in [1.54, 1.807) is 6.08 Å². The number of benzene rings is 1. The standard InChI is InChI=1S/C19H23ClN4O2S/c1-3-10-21-18(25)13(2)27-19-23-22-17(14-6-8-15(20)9-7-14)24(19)12-16-5-4-11-26-16/h3,6-9,13,16H,1,4-5,10-12H2,2H3,(H,21,25)/t13-,16+/m0/s1. The molecule has 0 unspecified atom stereocenters. The molecule has 0 aliphatic carbocycles. The van der Waals surface area contributed by atoms with Gasteiger partial charge in [0, 0.05) is 23.7 Å². The Morgan fingerprint density at radius 2 is 2.26 bits per heavy atom. The highest BCUT2D eigenvalue weighted by Crippen LogP contribution is 2.29. The molecule has 1 N–H and O–H groups in total. The average molecular weight is 407 g/mol. The van der Waals surface area contributed by atoms with Crippen LogP contribution >= 0.6 is 23.4 Å². The van der Waals surface area contributed by atoms with Crippen molar-refractivity contribution in [2.75, 3.05) is 13.2 Å². The van der Waals surface area contributed by atoms with Crippen LogP contribution in [0.2, 0.25) is 5.02 Å². The maximum atomic E-state index is 12.2. The summed E-state index contributed by atoms with van der Waals surface area (Å²) in [6.07, 6.45) is 3.87. The van der Waals surface area contributed by atoms with Crippen molar-refractivity contribution in [3.63, 3.8) is 0 Å². The zero-order valence-corrected chi connectivity index (χ0v) is 16.8. The van der Waals surface area contributed by atoms with Crippen molar-refractivity contribution in [2.24, 2.45) is 0 Å². The molecular formula is C19H23ClN4O2S. The van der Waals surface area contributed by atoms with Crippen LogP contribution in [-0.4, -0.2) is 45.2 Å². The van der Waals surface area contributed by atoms with Gasteiger partial charge in [0.25, 0.3) is 0 Å². The third-order valence-corrected chi connectivity index (χ3v) is 5.63. The molecule has 1 aliphatic rings. The second kappa shape index (κ2) is 9.39. The van der Waals surface area contributed by atoms with Gasteiger partial charge in [-0.3, -0.25) is 9.36 Å². The van der Waals surface area contributed by atoms with Gasteiger partial charge in [-0.15, -0.1) is 16.8 Å². The molecule has 1 aromatic heterocycles. The number of carbonyl (C=O) groups excluding carboxylic acids is 1. The van der Waals surface area contributed by atoms with Crippen LogP contribution in [0, 0.1) is 0 Å². The highest BCUT2D eigenvalue weighted by Gasteiger charge is 2.24. The molecule has 0 bridgehead atoms. The van der Waals surface area contributed by atoms with Gasteiger partial charge in [0.2, 0.25) is 5.91 Å². The number of hydrogen-bond acceptors (Lipinski definition) is 5. The molecule has 1 fully saturated rings. The second-order valence-electron chi connectivity index (χ2n) is 6.35. The second-order valence-corrected chi connectivity index (χ2v) is 8.10. The van der Waals surface area contributed by atoms with Gasteiger partial charge in [0.1, 0.15) is 0 Å². The van der Waals surface area contributed by atoms with E-state index in [9.17, 15) is 4.79 Å². The fourth-order valence-electron chi connectivity index (χ4n) is 2.87. The number of hydrogen-bond donors (Lipinski definition) is 1. The van der Waals surface area contributed by atoms with Crippen molar-refractivity contribution in [1.82, 2.24) is 20.1 Å². The first-order valence-electron chi connectivity index (χ1n) is 8.94. The Bertz CT molecular complexity index is 788. The normalized spacial score (nSPS) is 17.6. The van der Waals surface area contributed by atoms with Gasteiger partial charge < -0.3 is 10.1 Å². The van der Waals surface area contributed by atoms with Gasteiger partial charge in [-0.05, 0) is 44.0 Å². The van der Waals surface area contributed by atoms with Crippen LogP contribution in [0.3, 0.4) is 0 Å². The van der Waals surface area contributed by atoms with Gasteiger partial charge in [0.05, 0.1) is 17.9 Å². The molecule has 1 saturated heterocycles. The van der Waals surface area contributed by atoms with Gasteiger partial charge in [-0.25, -0.2) is 0 Å². The molecule has 0 saturated carbocycles. The minimum Gasteiger partial charge on any atom is -0.376 e. The number of rotatable bonds is 8. The molecule has 27 heavy (non-hydrogen) atoms. The Kier molecular flexibility index (Phi) is 6.93. The van der Waals surface area contributed by atoms with Gasteiger partial charge in [-0.1, -0.05) is 29.4 Å². The molecule has 3 rings (SSSR count). The van der Waals surface area contributed by atoms with Crippen molar-refractivity contribution in [1.29, 1.82) is 0 Å². The van der Waals surface area contributed by atoms with Crippen LogP contribution in [0.1, 0.15) is 19.8 Å². The lowest BCUT2D eigenvalue weighted by atomic mass is 10.2. The Labute approximate surface area is 168 Å². The van der Waals surface area contributed by atoms with Crippen LogP contribution in [0.25, 0.3) is 11.4 Å². The molecule has 2 heterocycles. The van der Waals surface area contributed by atoms with E-state index in [-0.39, 0.29) is 17.3 Å². The molecule has 1 amide bonds. The highest BCUT2D eigenvalue weighted by molar-refractivity contribution is 8.00. The molecule has 1 aromatic carbocycles. The molecule has 144 valence electrons. The number of ether oxygens (including phenoxy) is 1. The van der Waals surface area contributed by atoms with Crippen LogP contribution < -0.4 is 5.32 Å². The van der Waals surface area contributed by atoms with Gasteiger partial charge >= 0.3 is 0 Å². The van der Waals surface area contributed by atoms with Crippen molar-refractivity contribution >= 4 is 29.3 Å². The maximum absolute atomic E-state index is 12.2. The van der Waals surface area contributed by atoms with E-state index in [0.29, 0.717) is 23.3 Å². The summed E-state index contributed by atoms with van der Waals surface area (Å²) in [5.41, 5.74) is 0.931. The van der Waals surface area contributed by atoms with E-state index in [2.05, 4.69) is 22.1 Å². The summed E-state index contributed by atoms with van der Waals surface area (Å²) >= 11 is 7.40. The summed E-state index contributed by atoms with van der Waals surface area (Å²) in [5, 5.41) is 12.6. The number of nitrogens with one attached hydrogen (secondary N) is 1. The quantitative estimate of drug-likeness (QED) is 0.536. The fourth-order valence-corrected chi connectivity index (χ4v) is 3.88. The maximum Gasteiger partial charge on any atom is 0.233 e. The van der Waals surface area contributed by atoms with E-state index in [0.717, 1.165) is 30.8 Å². The average Bonchev–Trinajstić information content (AvgIpc) is 3.31. The molecule has 8 heteroatoms. The van der Waals surface area contributed by atoms with E-state index in [1.165, 1.54) is 11.8 Å². The van der Waals surface area contributed by atoms with Crippen LogP contribution in [0.4, 0.5) is 0 Å². The van der Waals surface area contributed by atoms with Crippen LogP contribution in [-0.2, 0) is 16.1 Å². The summed E-state index contributed by atoms with van der Waals surface area (Å²) in [7, 11) is 0. The summed E-state index contributed by atoms with van der Waals surface area (Å²) in [6.45, 7) is 7.37. The van der Waals surface area contributed by atoms with Crippen LogP contribution in [0.15, 0.2) is 42.1 Å². The van der Waals surface area contributed by atoms with Crippen molar-refractivity contribution in [3.8, 4) is 11.4 Å². The molecule has 1 aliphatic heterocycles. The van der Waals surface area contributed by atoms with E-state index >= 15 is 0 Å². The zero-order chi connectivity index (χ0) is 19.2. The number of halogens is 1. The van der Waals surface area contributed by atoms with E-state index in [4.69, 9.17) is 16.3 Å². The number of carbonyl (C=O) groups is 1. The number of aromatic nitrogens is 3. The monoisotopic (exact) mass is 406 g/mol. The number of thioether (sulfide) groups is 1. The van der Waals surface area contributed by atoms with Crippen molar-refractivity contribution in [3.05, 3.63) is 41.9 Å². The molecular weight excluding hydrogens is 384 g/mol. The lowest BCUT2D eigenvalue weighted by Crippen LogP contribution is -2.31. The topological polar surface area (TPSA) is 69.0 Å². The minimum atomic E-state index is -0.296. The fraction of sp³-hybridized carbons (Fsp3) is 0.421. The SMILES string of the molecule is C=CCNC(=O)[C@H](C)Sc1nnc(-c2ccc(Cl)cc2)n1C[C@H]1CCCO1. The third-order valence-electron chi connectivity index (χ3n) is 4.30. The third kappa shape index (κ3) is 5.12. The molecule has 0 radical (unpaired) electrons. The largest absolute Gasteiger partial charge is 0.376 e. The Morgan fingerprint density at radius 1 is 1.48 bits per heavy atom. The molecule has 2 atom stereocenters. The summed E-state index contributed by atoms with van der Waals surface area (Å²) in [6, 6.07) is 7.51. The summed E-state index contributed by atoms with van der Waals surface area (Å²) in [4.78, 5) is 12.2. The zero-order valence-electron chi connectivity index (χ0n) is 15.2. The van der Waals surface area contributed by atoms with E-state index < -0.39 is 0 Å². The number of nitrogens with zero attached hydrogens (tertiary/aromatic N) is 3. The summed E-state index contributed by atoms with van der Waals surface area (Å²) < 4.78 is 7.84. The predicted molar refractivity (Wildman–Crippen MR) is 108 cm³/mol. The summed E-state index contributed by atoms with van der Waals surface area (Å²) in [5.74, 6) is 0.697. The van der Waals surface area contributed by atoms with Crippen molar-refractivity contribution in [2.45, 2.75) is 42.8 Å². The minimum absolute atomic E-state index is 0.0559. The predicted octanol–water partition coefficient (Wildman–Crippen LogP) is 3.56. The molecule has 2 aromatic rings. The first-order valence-corrected chi connectivity index (χ1v) is 10.2. The van der Waals surface area contributed by atoms with Crippen LogP contribution in [0.5, 0.6) is 0 Å². The smallest absolute Gasteiger partial charge is 0.233 e. The lowest BCUT2D eigenvalue weighted by molar-refractivity contribution is -0.120. The highest BCUT2D eigenvalue weighted by atomic mass is 35.5. The first-order chi connectivity index (χ1) is 13.1. The Hall–Kier alpha value is -1.83. The molecule has 0 spiro atoms. The Balaban J connectivity index is 1.84. The Morgan fingerprint density at radius 3 is 2.93 bits per heavy atom. The van der Waals surface area contributed by atoms with E-state index in [1.807, 2.05) is 35.8 Å². The molecule has 6 nitrogen and oxygen atoms in total. The van der Waals surface area contributed by atoms with Crippen molar-refractivity contribution < 1.29 is 9.53 Å². The van der Waals surface area contributed by atoms with Gasteiger partial charge in [0.15, 0.2) is 11.0 Å². The number of amides is 1. The van der Waals surface area contributed by atoms with Gasteiger partial charge in [-0.2, -0.15) is 0 Å². The first kappa shape index (κ1) is 19.9. The lowest BCUT2D eigenvalue weighted by Gasteiger charge is -2.16.